The van der Waals surface area contributed by atoms with Gasteiger partial charge in [-0.05, 0) is 0 Å². The van der Waals surface area contributed by atoms with E-state index in [1.165, 1.54) is 7.11 Å². The Kier molecular flexibility index (Phi) is 4.31. The molecule has 0 aromatic carbocycles. The SMILES string of the molecule is COCC(OC)C1CC(OC)C(=O)O1. The highest BCUT2D eigenvalue weighted by Gasteiger charge is 2.39. The maximum atomic E-state index is 11.2. The molecule has 1 aliphatic heterocycles. The first-order valence-electron chi connectivity index (χ1n) is 4.48. The number of esters is 1. The van der Waals surface area contributed by atoms with Crippen molar-refractivity contribution in [2.75, 3.05) is 27.9 Å². The summed E-state index contributed by atoms with van der Waals surface area (Å²) in [6.07, 6.45) is -0.423. The van der Waals surface area contributed by atoms with Crippen LogP contribution in [0.3, 0.4) is 0 Å². The molecule has 0 bridgehead atoms. The maximum absolute atomic E-state index is 11.2. The molecule has 5 nitrogen and oxygen atoms in total. The third kappa shape index (κ3) is 2.43. The second kappa shape index (κ2) is 5.29. The minimum atomic E-state index is -0.463. The van der Waals surface area contributed by atoms with Gasteiger partial charge in [-0.3, -0.25) is 0 Å². The van der Waals surface area contributed by atoms with Gasteiger partial charge < -0.3 is 18.9 Å². The van der Waals surface area contributed by atoms with E-state index >= 15 is 0 Å². The van der Waals surface area contributed by atoms with Gasteiger partial charge in [-0.2, -0.15) is 0 Å². The van der Waals surface area contributed by atoms with Crippen LogP contribution in [0.15, 0.2) is 0 Å². The average molecular weight is 204 g/mol. The summed E-state index contributed by atoms with van der Waals surface area (Å²) < 4.78 is 20.2. The van der Waals surface area contributed by atoms with Crippen molar-refractivity contribution < 1.29 is 23.7 Å². The standard InChI is InChI=1S/C9H16O5/c1-11-5-8(13-3)6-4-7(12-2)9(10)14-6/h6-8H,4-5H2,1-3H3. The third-order valence-corrected chi connectivity index (χ3v) is 2.31. The number of rotatable bonds is 5. The maximum Gasteiger partial charge on any atom is 0.335 e. The molecule has 82 valence electrons. The van der Waals surface area contributed by atoms with Crippen LogP contribution in [0.1, 0.15) is 6.42 Å². The smallest absolute Gasteiger partial charge is 0.335 e. The van der Waals surface area contributed by atoms with Crippen LogP contribution >= 0.6 is 0 Å². The molecule has 1 heterocycles. The van der Waals surface area contributed by atoms with Gasteiger partial charge in [0.1, 0.15) is 12.2 Å². The molecular formula is C9H16O5. The van der Waals surface area contributed by atoms with Crippen molar-refractivity contribution in [3.63, 3.8) is 0 Å². The van der Waals surface area contributed by atoms with Gasteiger partial charge in [-0.1, -0.05) is 0 Å². The van der Waals surface area contributed by atoms with E-state index in [-0.39, 0.29) is 18.2 Å². The van der Waals surface area contributed by atoms with Crippen molar-refractivity contribution in [3.8, 4) is 0 Å². The summed E-state index contributed by atoms with van der Waals surface area (Å²) in [5.74, 6) is -0.323. The van der Waals surface area contributed by atoms with E-state index in [1.54, 1.807) is 14.2 Å². The van der Waals surface area contributed by atoms with E-state index < -0.39 is 6.10 Å². The summed E-state index contributed by atoms with van der Waals surface area (Å²) >= 11 is 0. The highest BCUT2D eigenvalue weighted by Crippen LogP contribution is 2.21. The molecule has 0 radical (unpaired) electrons. The molecule has 14 heavy (non-hydrogen) atoms. The second-order valence-electron chi connectivity index (χ2n) is 3.16. The first-order chi connectivity index (χ1) is 6.72. The fourth-order valence-corrected chi connectivity index (χ4v) is 1.49. The molecular weight excluding hydrogens is 188 g/mol. The molecule has 3 unspecified atom stereocenters. The zero-order valence-electron chi connectivity index (χ0n) is 8.69. The van der Waals surface area contributed by atoms with Crippen LogP contribution in [-0.4, -0.2) is 52.2 Å². The van der Waals surface area contributed by atoms with E-state index in [4.69, 9.17) is 18.9 Å². The number of hydrogen-bond acceptors (Lipinski definition) is 5. The van der Waals surface area contributed by atoms with Gasteiger partial charge in [0.05, 0.1) is 6.61 Å². The van der Waals surface area contributed by atoms with Gasteiger partial charge in [0.15, 0.2) is 6.10 Å². The lowest BCUT2D eigenvalue weighted by atomic mass is 10.1. The van der Waals surface area contributed by atoms with Crippen molar-refractivity contribution in [2.45, 2.75) is 24.7 Å². The Hall–Kier alpha value is -0.650. The zero-order chi connectivity index (χ0) is 10.6. The summed E-state index contributed by atoms with van der Waals surface area (Å²) in [6, 6.07) is 0. The Balaban J connectivity index is 2.49. The summed E-state index contributed by atoms with van der Waals surface area (Å²) in [4.78, 5) is 11.2. The first-order valence-corrected chi connectivity index (χ1v) is 4.48. The third-order valence-electron chi connectivity index (χ3n) is 2.31. The van der Waals surface area contributed by atoms with Gasteiger partial charge in [0, 0.05) is 27.8 Å². The second-order valence-corrected chi connectivity index (χ2v) is 3.16. The Morgan fingerprint density at radius 3 is 2.64 bits per heavy atom. The minimum absolute atomic E-state index is 0.218. The number of methoxy groups -OCH3 is 3. The van der Waals surface area contributed by atoms with E-state index in [2.05, 4.69) is 0 Å². The quantitative estimate of drug-likeness (QED) is 0.589. The summed E-state index contributed by atoms with van der Waals surface area (Å²) in [7, 11) is 4.64. The molecule has 1 rings (SSSR count). The molecule has 0 aromatic heterocycles. The van der Waals surface area contributed by atoms with Crippen molar-refractivity contribution in [1.29, 1.82) is 0 Å². The number of carbonyl (C=O) groups excluding carboxylic acids is 1. The fourth-order valence-electron chi connectivity index (χ4n) is 1.49. The van der Waals surface area contributed by atoms with Gasteiger partial charge in [0.25, 0.3) is 0 Å². The van der Waals surface area contributed by atoms with E-state index in [1.807, 2.05) is 0 Å². The number of ether oxygens (including phenoxy) is 4. The Labute approximate surface area is 83.3 Å². The lowest BCUT2D eigenvalue weighted by Crippen LogP contribution is -2.32. The molecule has 5 heteroatoms. The van der Waals surface area contributed by atoms with Crippen molar-refractivity contribution in [1.82, 2.24) is 0 Å². The minimum Gasteiger partial charge on any atom is -0.457 e. The Morgan fingerprint density at radius 1 is 1.50 bits per heavy atom. The highest BCUT2D eigenvalue weighted by molar-refractivity contribution is 5.76. The molecule has 0 aliphatic carbocycles. The molecule has 0 saturated carbocycles. The normalized spacial score (nSPS) is 28.9. The molecule has 1 fully saturated rings. The van der Waals surface area contributed by atoms with Crippen LogP contribution in [0.5, 0.6) is 0 Å². The first kappa shape index (κ1) is 11.4. The van der Waals surface area contributed by atoms with Gasteiger partial charge in [-0.15, -0.1) is 0 Å². The van der Waals surface area contributed by atoms with Crippen LogP contribution < -0.4 is 0 Å². The van der Waals surface area contributed by atoms with Gasteiger partial charge >= 0.3 is 5.97 Å². The monoisotopic (exact) mass is 204 g/mol. The van der Waals surface area contributed by atoms with Crippen molar-refractivity contribution in [2.24, 2.45) is 0 Å². The van der Waals surface area contributed by atoms with Crippen LogP contribution in [0.2, 0.25) is 0 Å². The summed E-state index contributed by atoms with van der Waals surface area (Å²) in [6.45, 7) is 0.408. The molecule has 0 amide bonds. The van der Waals surface area contributed by atoms with Gasteiger partial charge in [0.2, 0.25) is 0 Å². The van der Waals surface area contributed by atoms with Crippen molar-refractivity contribution in [3.05, 3.63) is 0 Å². The predicted octanol–water partition coefficient (Wildman–Crippen LogP) is -0.0217. The topological polar surface area (TPSA) is 54.0 Å². The van der Waals surface area contributed by atoms with Crippen LogP contribution in [0.4, 0.5) is 0 Å². The van der Waals surface area contributed by atoms with Crippen LogP contribution in [0, 0.1) is 0 Å². The summed E-state index contributed by atoms with van der Waals surface area (Å²) in [5, 5.41) is 0. The average Bonchev–Trinajstić information content (AvgIpc) is 2.56. The molecule has 0 N–H and O–H groups in total. The van der Waals surface area contributed by atoms with E-state index in [9.17, 15) is 4.79 Å². The fraction of sp³-hybridized carbons (Fsp3) is 0.889. The molecule has 0 aromatic rings. The Bertz CT molecular complexity index is 194. The highest BCUT2D eigenvalue weighted by atomic mass is 16.6. The Morgan fingerprint density at radius 2 is 2.21 bits per heavy atom. The van der Waals surface area contributed by atoms with E-state index in [0.29, 0.717) is 13.0 Å². The number of hydrogen-bond donors (Lipinski definition) is 0. The van der Waals surface area contributed by atoms with E-state index in [0.717, 1.165) is 0 Å². The summed E-state index contributed by atoms with van der Waals surface area (Å²) in [5.41, 5.74) is 0. The van der Waals surface area contributed by atoms with Crippen molar-refractivity contribution >= 4 is 5.97 Å². The zero-order valence-corrected chi connectivity index (χ0v) is 8.69. The van der Waals surface area contributed by atoms with Crippen LogP contribution in [0.25, 0.3) is 0 Å². The predicted molar refractivity (Wildman–Crippen MR) is 48.0 cm³/mol. The lowest BCUT2D eigenvalue weighted by Gasteiger charge is -2.19. The van der Waals surface area contributed by atoms with Crippen LogP contribution in [-0.2, 0) is 23.7 Å². The molecule has 1 aliphatic rings. The largest absolute Gasteiger partial charge is 0.457 e. The molecule has 0 spiro atoms. The number of cyclic esters (lactones) is 1. The van der Waals surface area contributed by atoms with Gasteiger partial charge in [-0.25, -0.2) is 4.79 Å². The molecule has 1 saturated heterocycles. The number of carbonyl (C=O) groups is 1. The lowest BCUT2D eigenvalue weighted by molar-refractivity contribution is -0.153. The molecule has 3 atom stereocenters.